The van der Waals surface area contributed by atoms with Crippen LogP contribution in [0, 0.1) is 11.8 Å². The number of ether oxygens (including phenoxy) is 1. The molecule has 29 heavy (non-hydrogen) atoms. The van der Waals surface area contributed by atoms with Gasteiger partial charge >= 0.3 is 0 Å². The third kappa shape index (κ3) is 7.17. The van der Waals surface area contributed by atoms with Gasteiger partial charge in [-0.2, -0.15) is 0 Å². The highest BCUT2D eigenvalue weighted by atomic mass is 16.5. The first kappa shape index (κ1) is 21.9. The summed E-state index contributed by atoms with van der Waals surface area (Å²) in [5, 5.41) is 0. The van der Waals surface area contributed by atoms with E-state index in [1.165, 1.54) is 81.8 Å². The van der Waals surface area contributed by atoms with Crippen LogP contribution in [-0.4, -0.2) is 11.6 Å². The smallest absolute Gasteiger partial charge is 0.137 e. The maximum Gasteiger partial charge on any atom is 0.137 e. The summed E-state index contributed by atoms with van der Waals surface area (Å²) in [7, 11) is 0. The van der Waals surface area contributed by atoms with Crippen molar-refractivity contribution in [1.29, 1.82) is 0 Å². The van der Waals surface area contributed by atoms with Crippen LogP contribution in [0.5, 0.6) is 5.75 Å². The summed E-state index contributed by atoms with van der Waals surface area (Å²) in [5.74, 6) is 2.79. The molecule has 0 unspecified atom stereocenters. The Morgan fingerprint density at radius 1 is 0.828 bits per heavy atom. The van der Waals surface area contributed by atoms with Gasteiger partial charge in [-0.05, 0) is 49.3 Å². The van der Waals surface area contributed by atoms with E-state index in [0.29, 0.717) is 6.61 Å². The summed E-state index contributed by atoms with van der Waals surface area (Å²) >= 11 is 0. The number of unbranched alkanes of at least 4 members (excludes halogenated alkanes) is 3. The summed E-state index contributed by atoms with van der Waals surface area (Å²) in [6, 6.07) is 13.0. The van der Waals surface area contributed by atoms with E-state index in [1.54, 1.807) is 0 Å². The molecule has 0 radical (unpaired) electrons. The number of aromatic nitrogens is 1. The molecule has 2 heteroatoms. The molecule has 1 aliphatic carbocycles. The molecule has 0 bridgehead atoms. The highest BCUT2D eigenvalue weighted by Gasteiger charge is 2.20. The van der Waals surface area contributed by atoms with Gasteiger partial charge in [0.15, 0.2) is 0 Å². The SMILES string of the molecule is CCCCCC[C@H]1CC[C@H](CCc2ccc(-c3ccc(OCC)cn3)cc2)CC1. The molecule has 0 aliphatic heterocycles. The van der Waals surface area contributed by atoms with Gasteiger partial charge < -0.3 is 4.74 Å². The number of aryl methyl sites for hydroxylation is 1. The quantitative estimate of drug-likeness (QED) is 0.362. The summed E-state index contributed by atoms with van der Waals surface area (Å²) < 4.78 is 5.48. The molecule has 1 heterocycles. The number of pyridine rings is 1. The van der Waals surface area contributed by atoms with Crippen LogP contribution in [0.3, 0.4) is 0 Å². The van der Waals surface area contributed by atoms with Crippen molar-refractivity contribution in [2.24, 2.45) is 11.8 Å². The molecule has 1 fully saturated rings. The molecule has 0 saturated heterocycles. The predicted molar refractivity (Wildman–Crippen MR) is 123 cm³/mol. The molecular weight excluding hydrogens is 354 g/mol. The minimum atomic E-state index is 0.677. The zero-order chi connectivity index (χ0) is 20.3. The Labute approximate surface area is 178 Å². The molecule has 2 aromatic rings. The van der Waals surface area contributed by atoms with Gasteiger partial charge in [-0.25, -0.2) is 0 Å². The summed E-state index contributed by atoms with van der Waals surface area (Å²) in [5.41, 5.74) is 3.65. The van der Waals surface area contributed by atoms with Gasteiger partial charge in [0.2, 0.25) is 0 Å². The molecule has 1 aromatic carbocycles. The first-order valence-electron chi connectivity index (χ1n) is 12.0. The number of hydrogen-bond donors (Lipinski definition) is 0. The summed E-state index contributed by atoms with van der Waals surface area (Å²) in [6.45, 7) is 4.97. The largest absolute Gasteiger partial charge is 0.492 e. The lowest BCUT2D eigenvalue weighted by atomic mass is 9.77. The van der Waals surface area contributed by atoms with Crippen LogP contribution < -0.4 is 4.74 Å². The van der Waals surface area contributed by atoms with E-state index in [2.05, 4.69) is 36.2 Å². The molecule has 3 rings (SSSR count). The molecule has 0 atom stereocenters. The maximum absolute atomic E-state index is 5.48. The Morgan fingerprint density at radius 2 is 1.55 bits per heavy atom. The van der Waals surface area contributed by atoms with E-state index >= 15 is 0 Å². The first-order chi connectivity index (χ1) is 14.3. The number of nitrogens with zero attached hydrogens (tertiary/aromatic N) is 1. The van der Waals surface area contributed by atoms with Crippen LogP contribution in [0.4, 0.5) is 0 Å². The normalized spacial score (nSPS) is 19.2. The van der Waals surface area contributed by atoms with Gasteiger partial charge in [-0.1, -0.05) is 89.0 Å². The Bertz CT molecular complexity index is 683. The zero-order valence-electron chi connectivity index (χ0n) is 18.5. The summed E-state index contributed by atoms with van der Waals surface area (Å²) in [4.78, 5) is 4.53. The van der Waals surface area contributed by atoms with Gasteiger partial charge in [0, 0.05) is 5.56 Å². The van der Waals surface area contributed by atoms with E-state index in [0.717, 1.165) is 23.3 Å². The molecule has 1 saturated carbocycles. The first-order valence-corrected chi connectivity index (χ1v) is 12.0. The monoisotopic (exact) mass is 393 g/mol. The van der Waals surface area contributed by atoms with Gasteiger partial charge in [-0.15, -0.1) is 0 Å². The minimum absolute atomic E-state index is 0.677. The molecular formula is C27H39NO. The van der Waals surface area contributed by atoms with Crippen molar-refractivity contribution in [3.05, 3.63) is 48.2 Å². The van der Waals surface area contributed by atoms with E-state index in [-0.39, 0.29) is 0 Å². The number of rotatable bonds is 11. The van der Waals surface area contributed by atoms with E-state index in [4.69, 9.17) is 4.74 Å². The van der Waals surface area contributed by atoms with Gasteiger partial charge in [0.1, 0.15) is 5.75 Å². The fourth-order valence-electron chi connectivity index (χ4n) is 4.68. The van der Waals surface area contributed by atoms with E-state index in [9.17, 15) is 0 Å². The average Bonchev–Trinajstić information content (AvgIpc) is 2.77. The van der Waals surface area contributed by atoms with E-state index < -0.39 is 0 Å². The fourth-order valence-corrected chi connectivity index (χ4v) is 4.68. The van der Waals surface area contributed by atoms with Crippen LogP contribution >= 0.6 is 0 Å². The number of benzene rings is 1. The minimum Gasteiger partial charge on any atom is -0.492 e. The topological polar surface area (TPSA) is 22.1 Å². The Hall–Kier alpha value is -1.83. The van der Waals surface area contributed by atoms with Gasteiger partial charge in [0.05, 0.1) is 18.5 Å². The Balaban J connectivity index is 1.39. The fraction of sp³-hybridized carbons (Fsp3) is 0.593. The molecule has 0 N–H and O–H groups in total. The maximum atomic E-state index is 5.48. The molecule has 2 nitrogen and oxygen atoms in total. The van der Waals surface area contributed by atoms with Gasteiger partial charge in [-0.3, -0.25) is 4.98 Å². The van der Waals surface area contributed by atoms with Crippen LogP contribution in [0.15, 0.2) is 42.6 Å². The van der Waals surface area contributed by atoms with Crippen molar-refractivity contribution < 1.29 is 4.74 Å². The standard InChI is InChI=1S/C27H39NO/c1-3-5-6-7-8-22-9-11-23(12-10-22)13-14-24-15-17-25(18-16-24)27-20-19-26(21-28-27)29-4-2/h15-23H,3-14H2,1-2H3/t22-,23-. The summed E-state index contributed by atoms with van der Waals surface area (Å²) in [6.07, 6.45) is 17.4. The van der Waals surface area contributed by atoms with Crippen molar-refractivity contribution in [3.8, 4) is 17.0 Å². The second-order valence-corrected chi connectivity index (χ2v) is 8.78. The van der Waals surface area contributed by atoms with Crippen LogP contribution in [0.25, 0.3) is 11.3 Å². The Kier molecular flexibility index (Phi) is 9.05. The third-order valence-corrected chi connectivity index (χ3v) is 6.57. The molecule has 0 amide bonds. The van der Waals surface area contributed by atoms with Crippen LogP contribution in [0.2, 0.25) is 0 Å². The van der Waals surface area contributed by atoms with E-state index in [1.807, 2.05) is 25.3 Å². The lowest BCUT2D eigenvalue weighted by Crippen LogP contribution is -2.15. The second-order valence-electron chi connectivity index (χ2n) is 8.78. The van der Waals surface area contributed by atoms with Crippen molar-refractivity contribution in [2.45, 2.75) is 84.5 Å². The third-order valence-electron chi connectivity index (χ3n) is 6.57. The Morgan fingerprint density at radius 3 is 2.17 bits per heavy atom. The lowest BCUT2D eigenvalue weighted by Gasteiger charge is -2.28. The van der Waals surface area contributed by atoms with Crippen molar-refractivity contribution in [1.82, 2.24) is 4.98 Å². The van der Waals surface area contributed by atoms with Crippen molar-refractivity contribution in [2.75, 3.05) is 6.61 Å². The lowest BCUT2D eigenvalue weighted by molar-refractivity contribution is 0.249. The molecule has 1 aromatic heterocycles. The van der Waals surface area contributed by atoms with Crippen molar-refractivity contribution in [3.63, 3.8) is 0 Å². The second kappa shape index (κ2) is 12.0. The highest BCUT2D eigenvalue weighted by molar-refractivity contribution is 5.59. The highest BCUT2D eigenvalue weighted by Crippen LogP contribution is 2.34. The van der Waals surface area contributed by atoms with Gasteiger partial charge in [0.25, 0.3) is 0 Å². The predicted octanol–water partition coefficient (Wildman–Crippen LogP) is 7.86. The van der Waals surface area contributed by atoms with Crippen LogP contribution in [0.1, 0.15) is 83.6 Å². The van der Waals surface area contributed by atoms with Crippen molar-refractivity contribution >= 4 is 0 Å². The molecule has 0 spiro atoms. The van der Waals surface area contributed by atoms with Crippen LogP contribution in [-0.2, 0) is 6.42 Å². The molecule has 1 aliphatic rings. The zero-order valence-corrected chi connectivity index (χ0v) is 18.5. The number of hydrogen-bond acceptors (Lipinski definition) is 2. The molecule has 158 valence electrons. The average molecular weight is 394 g/mol.